The minimum Gasteiger partial charge on any atom is -0.396 e. The first-order valence-electron chi connectivity index (χ1n) is 6.46. The van der Waals surface area contributed by atoms with Crippen molar-refractivity contribution in [2.45, 2.75) is 25.9 Å². The summed E-state index contributed by atoms with van der Waals surface area (Å²) in [5, 5.41) is 22.0. The smallest absolute Gasteiger partial charge is 0.396 e. The van der Waals surface area contributed by atoms with Crippen LogP contribution in [0, 0.1) is 16.0 Å². The molecule has 0 fully saturated rings. The summed E-state index contributed by atoms with van der Waals surface area (Å²) < 4.78 is 38.7. The Labute approximate surface area is 119 Å². The molecule has 0 radical (unpaired) electrons. The van der Waals surface area contributed by atoms with E-state index in [0.29, 0.717) is 25.5 Å². The zero-order chi connectivity index (χ0) is 16.0. The molecule has 0 amide bonds. The summed E-state index contributed by atoms with van der Waals surface area (Å²) in [6, 6.07) is 2.63. The van der Waals surface area contributed by atoms with Crippen LogP contribution in [0.3, 0.4) is 0 Å². The molecule has 118 valence electrons. The molecule has 0 spiro atoms. The van der Waals surface area contributed by atoms with Crippen molar-refractivity contribution in [2.24, 2.45) is 5.92 Å². The molecule has 0 bridgehead atoms. The average molecular weight is 306 g/mol. The normalized spacial score (nSPS) is 13.0. The minimum atomic E-state index is -4.66. The monoisotopic (exact) mass is 306 g/mol. The lowest BCUT2D eigenvalue weighted by Gasteiger charge is -2.15. The molecule has 0 aromatic heterocycles. The van der Waals surface area contributed by atoms with Gasteiger partial charge in [0.2, 0.25) is 0 Å². The fourth-order valence-corrected chi connectivity index (χ4v) is 1.80. The lowest BCUT2D eigenvalue weighted by Crippen LogP contribution is -2.13. The number of non-ortho nitro benzene ring substituents is 1. The molecular weight excluding hydrogens is 289 g/mol. The SMILES string of the molecule is CC(CO)CCCNc1ccc([N+](=O)[O-])cc1C(F)(F)F. The fourth-order valence-electron chi connectivity index (χ4n) is 1.80. The van der Waals surface area contributed by atoms with Gasteiger partial charge in [-0.25, -0.2) is 0 Å². The highest BCUT2D eigenvalue weighted by molar-refractivity contribution is 5.57. The standard InChI is InChI=1S/C13H17F3N2O3/c1-9(8-19)3-2-6-17-12-5-4-10(18(20)21)7-11(12)13(14,15)16/h4-5,7,9,17,19H,2-3,6,8H2,1H3. The van der Waals surface area contributed by atoms with Crippen LogP contribution in [-0.2, 0) is 6.18 Å². The van der Waals surface area contributed by atoms with Crippen LogP contribution in [0.5, 0.6) is 0 Å². The minimum absolute atomic E-state index is 0.0331. The zero-order valence-electron chi connectivity index (χ0n) is 11.5. The van der Waals surface area contributed by atoms with Crippen molar-refractivity contribution in [3.8, 4) is 0 Å². The third kappa shape index (κ3) is 5.22. The first-order chi connectivity index (χ1) is 9.75. The number of nitro benzene ring substituents is 1. The van der Waals surface area contributed by atoms with Crippen LogP contribution in [0.1, 0.15) is 25.3 Å². The Morgan fingerprint density at radius 2 is 2.10 bits per heavy atom. The molecule has 1 aromatic rings. The number of alkyl halides is 3. The Morgan fingerprint density at radius 1 is 1.43 bits per heavy atom. The van der Waals surface area contributed by atoms with Crippen molar-refractivity contribution in [1.29, 1.82) is 0 Å². The van der Waals surface area contributed by atoms with E-state index in [4.69, 9.17) is 5.11 Å². The lowest BCUT2D eigenvalue weighted by atomic mass is 10.1. The molecule has 0 aliphatic heterocycles. The summed E-state index contributed by atoms with van der Waals surface area (Å²) in [5.41, 5.74) is -1.82. The van der Waals surface area contributed by atoms with Crippen molar-refractivity contribution in [2.75, 3.05) is 18.5 Å². The number of nitrogens with zero attached hydrogens (tertiary/aromatic N) is 1. The Hall–Kier alpha value is -1.83. The molecule has 0 saturated carbocycles. The van der Waals surface area contributed by atoms with Crippen LogP contribution < -0.4 is 5.32 Å². The third-order valence-corrected chi connectivity index (χ3v) is 3.02. The molecule has 8 heteroatoms. The van der Waals surface area contributed by atoms with Crippen LogP contribution in [0.25, 0.3) is 0 Å². The van der Waals surface area contributed by atoms with E-state index in [0.717, 1.165) is 12.1 Å². The lowest BCUT2D eigenvalue weighted by molar-refractivity contribution is -0.385. The Morgan fingerprint density at radius 3 is 2.62 bits per heavy atom. The van der Waals surface area contributed by atoms with E-state index in [9.17, 15) is 23.3 Å². The van der Waals surface area contributed by atoms with Gasteiger partial charge in [-0.3, -0.25) is 10.1 Å². The number of hydrogen-bond acceptors (Lipinski definition) is 4. The van der Waals surface area contributed by atoms with Crippen molar-refractivity contribution >= 4 is 11.4 Å². The molecule has 1 rings (SSSR count). The Kier molecular flexibility index (Phi) is 5.95. The van der Waals surface area contributed by atoms with Crippen LogP contribution in [-0.4, -0.2) is 23.2 Å². The van der Waals surface area contributed by atoms with Crippen LogP contribution in [0.15, 0.2) is 18.2 Å². The summed E-state index contributed by atoms with van der Waals surface area (Å²) in [6.45, 7) is 2.17. The maximum Gasteiger partial charge on any atom is 0.418 e. The van der Waals surface area contributed by atoms with Crippen LogP contribution >= 0.6 is 0 Å². The van der Waals surface area contributed by atoms with Crippen molar-refractivity contribution in [3.63, 3.8) is 0 Å². The predicted octanol–water partition coefficient (Wildman–Crippen LogP) is 3.43. The summed E-state index contributed by atoms with van der Waals surface area (Å²) in [7, 11) is 0. The molecule has 0 heterocycles. The van der Waals surface area contributed by atoms with Crippen LogP contribution in [0.4, 0.5) is 24.5 Å². The number of benzene rings is 1. The molecule has 0 aliphatic carbocycles. The van der Waals surface area contributed by atoms with Gasteiger partial charge in [0.05, 0.1) is 10.5 Å². The number of aliphatic hydroxyl groups is 1. The van der Waals surface area contributed by atoms with Gasteiger partial charge in [0.15, 0.2) is 0 Å². The molecule has 1 aromatic carbocycles. The van der Waals surface area contributed by atoms with Crippen molar-refractivity contribution in [1.82, 2.24) is 0 Å². The quantitative estimate of drug-likeness (QED) is 0.460. The number of nitrogens with one attached hydrogen (secondary N) is 1. The summed E-state index contributed by atoms with van der Waals surface area (Å²) in [6.07, 6.45) is -3.39. The van der Waals surface area contributed by atoms with Crippen molar-refractivity contribution < 1.29 is 23.2 Å². The van der Waals surface area contributed by atoms with Gasteiger partial charge in [-0.1, -0.05) is 6.92 Å². The second-order valence-corrected chi connectivity index (χ2v) is 4.84. The molecule has 21 heavy (non-hydrogen) atoms. The van der Waals surface area contributed by atoms with Crippen LogP contribution in [0.2, 0.25) is 0 Å². The van der Waals surface area contributed by atoms with E-state index >= 15 is 0 Å². The molecule has 1 unspecified atom stereocenters. The number of hydrogen-bond donors (Lipinski definition) is 2. The van der Waals surface area contributed by atoms with E-state index in [-0.39, 0.29) is 18.2 Å². The summed E-state index contributed by atoms with van der Waals surface area (Å²) in [4.78, 5) is 9.69. The molecule has 0 aliphatic rings. The highest BCUT2D eigenvalue weighted by Gasteiger charge is 2.35. The summed E-state index contributed by atoms with van der Waals surface area (Å²) >= 11 is 0. The molecule has 0 saturated heterocycles. The van der Waals surface area contributed by atoms with Gasteiger partial charge in [-0.05, 0) is 24.8 Å². The average Bonchev–Trinajstić information content (AvgIpc) is 2.42. The number of halogens is 3. The fraction of sp³-hybridized carbons (Fsp3) is 0.538. The second-order valence-electron chi connectivity index (χ2n) is 4.84. The Balaban J connectivity index is 2.79. The number of anilines is 1. The number of nitro groups is 1. The first kappa shape index (κ1) is 17.2. The number of rotatable bonds is 7. The highest BCUT2D eigenvalue weighted by atomic mass is 19.4. The topological polar surface area (TPSA) is 75.4 Å². The van der Waals surface area contributed by atoms with E-state index in [1.807, 2.05) is 6.92 Å². The van der Waals surface area contributed by atoms with Gasteiger partial charge >= 0.3 is 6.18 Å². The van der Waals surface area contributed by atoms with E-state index in [1.54, 1.807) is 0 Å². The third-order valence-electron chi connectivity index (χ3n) is 3.02. The van der Waals surface area contributed by atoms with Crippen molar-refractivity contribution in [3.05, 3.63) is 33.9 Å². The molecule has 2 N–H and O–H groups in total. The molecular formula is C13H17F3N2O3. The van der Waals surface area contributed by atoms with E-state index < -0.39 is 22.4 Å². The largest absolute Gasteiger partial charge is 0.418 e. The number of aliphatic hydroxyl groups excluding tert-OH is 1. The summed E-state index contributed by atoms with van der Waals surface area (Å²) in [5.74, 6) is 0.0887. The zero-order valence-corrected chi connectivity index (χ0v) is 11.5. The van der Waals surface area contributed by atoms with E-state index in [2.05, 4.69) is 5.32 Å². The highest BCUT2D eigenvalue weighted by Crippen LogP contribution is 2.37. The van der Waals surface area contributed by atoms with Gasteiger partial charge in [0.1, 0.15) is 0 Å². The van der Waals surface area contributed by atoms with Gasteiger partial charge in [0.25, 0.3) is 5.69 Å². The van der Waals surface area contributed by atoms with Gasteiger partial charge in [0, 0.05) is 31.0 Å². The van der Waals surface area contributed by atoms with Gasteiger partial charge < -0.3 is 10.4 Å². The first-order valence-corrected chi connectivity index (χ1v) is 6.46. The predicted molar refractivity (Wildman–Crippen MR) is 72.1 cm³/mol. The van der Waals surface area contributed by atoms with Gasteiger partial charge in [-0.15, -0.1) is 0 Å². The van der Waals surface area contributed by atoms with Gasteiger partial charge in [-0.2, -0.15) is 13.2 Å². The maximum absolute atomic E-state index is 12.9. The molecule has 5 nitrogen and oxygen atoms in total. The second kappa shape index (κ2) is 7.26. The van der Waals surface area contributed by atoms with E-state index in [1.165, 1.54) is 0 Å². The Bertz CT molecular complexity index is 492. The molecule has 1 atom stereocenters. The maximum atomic E-state index is 12.9.